The summed E-state index contributed by atoms with van der Waals surface area (Å²) in [4.78, 5) is 4.28. The molecule has 4 saturated carbocycles. The van der Waals surface area contributed by atoms with Crippen LogP contribution in [0, 0.1) is 35.0 Å². The first-order chi connectivity index (χ1) is 9.58. The van der Waals surface area contributed by atoms with E-state index >= 15 is 0 Å². The Labute approximate surface area is 119 Å². The molecule has 0 spiro atoms. The summed E-state index contributed by atoms with van der Waals surface area (Å²) in [7, 11) is 0. The van der Waals surface area contributed by atoms with Crippen LogP contribution < -0.4 is 0 Å². The predicted molar refractivity (Wildman–Crippen MR) is 73.5 cm³/mol. The lowest BCUT2D eigenvalue weighted by Crippen LogP contribution is -2.46. The van der Waals surface area contributed by atoms with Gasteiger partial charge in [0.2, 0.25) is 5.60 Å². The van der Waals surface area contributed by atoms with E-state index in [1.165, 1.54) is 32.1 Å². The number of aliphatic hydroxyl groups is 1. The molecule has 0 aliphatic heterocycles. The molecule has 1 aromatic rings. The van der Waals surface area contributed by atoms with Gasteiger partial charge in [-0.05, 0) is 62.7 Å². The van der Waals surface area contributed by atoms with E-state index in [9.17, 15) is 10.4 Å². The fourth-order valence-corrected chi connectivity index (χ4v) is 5.33. The van der Waals surface area contributed by atoms with Crippen LogP contribution in [0.15, 0.2) is 12.4 Å². The Balaban J connectivity index is 1.73. The number of rotatable bonds is 2. The number of nitriles is 1. The highest BCUT2D eigenvalue weighted by Crippen LogP contribution is 2.58. The van der Waals surface area contributed by atoms with Crippen LogP contribution in [0.1, 0.15) is 50.9 Å². The highest BCUT2D eigenvalue weighted by Gasteiger charge is 2.49. The molecule has 4 aliphatic rings. The lowest BCUT2D eigenvalue weighted by molar-refractivity contribution is -0.0339. The Morgan fingerprint density at radius 2 is 1.85 bits per heavy atom. The standard InChI is InChI=1S/C16H21N3O/c1-16(20,9-17)15-18-2-3-19(15)14-12-5-10-4-11(7-12)8-13(14)6-10/h2-3,10-14,20H,4-8H2,1H3. The van der Waals surface area contributed by atoms with E-state index in [1.54, 1.807) is 13.1 Å². The summed E-state index contributed by atoms with van der Waals surface area (Å²) in [6.07, 6.45) is 10.4. The first kappa shape index (κ1) is 12.4. The molecule has 106 valence electrons. The summed E-state index contributed by atoms with van der Waals surface area (Å²) < 4.78 is 2.12. The van der Waals surface area contributed by atoms with Crippen molar-refractivity contribution in [3.63, 3.8) is 0 Å². The van der Waals surface area contributed by atoms with E-state index in [4.69, 9.17) is 0 Å². The second kappa shape index (κ2) is 4.08. The Hall–Kier alpha value is -1.34. The molecule has 0 aromatic carbocycles. The van der Waals surface area contributed by atoms with Gasteiger partial charge in [-0.25, -0.2) is 4.98 Å². The molecule has 20 heavy (non-hydrogen) atoms. The molecular weight excluding hydrogens is 250 g/mol. The second-order valence-corrected chi connectivity index (χ2v) is 7.26. The van der Waals surface area contributed by atoms with Crippen LogP contribution >= 0.6 is 0 Å². The van der Waals surface area contributed by atoms with Crippen LogP contribution in [-0.2, 0) is 5.60 Å². The predicted octanol–water partition coefficient (Wildman–Crippen LogP) is 2.61. The van der Waals surface area contributed by atoms with Gasteiger partial charge in [0.15, 0.2) is 5.82 Å². The topological polar surface area (TPSA) is 61.8 Å². The number of aromatic nitrogens is 2. The first-order valence-corrected chi connectivity index (χ1v) is 7.75. The van der Waals surface area contributed by atoms with Crippen LogP contribution in [0.2, 0.25) is 0 Å². The van der Waals surface area contributed by atoms with Crippen LogP contribution in [0.3, 0.4) is 0 Å². The highest BCUT2D eigenvalue weighted by atomic mass is 16.3. The van der Waals surface area contributed by atoms with Crippen molar-refractivity contribution in [1.29, 1.82) is 5.26 Å². The molecule has 1 atom stereocenters. The van der Waals surface area contributed by atoms with Crippen LogP contribution in [0.5, 0.6) is 0 Å². The normalized spacial score (nSPS) is 41.4. The van der Waals surface area contributed by atoms with Crippen molar-refractivity contribution in [2.24, 2.45) is 23.7 Å². The van der Waals surface area contributed by atoms with Crippen molar-refractivity contribution in [2.75, 3.05) is 0 Å². The summed E-state index contributed by atoms with van der Waals surface area (Å²) in [5.74, 6) is 3.81. The van der Waals surface area contributed by atoms with E-state index < -0.39 is 5.60 Å². The zero-order chi connectivity index (χ0) is 13.9. The Morgan fingerprint density at radius 3 is 2.40 bits per heavy atom. The molecule has 4 aliphatic carbocycles. The maximum Gasteiger partial charge on any atom is 0.206 e. The van der Waals surface area contributed by atoms with Crippen molar-refractivity contribution >= 4 is 0 Å². The highest BCUT2D eigenvalue weighted by molar-refractivity contribution is 5.16. The van der Waals surface area contributed by atoms with Gasteiger partial charge in [0.1, 0.15) is 6.07 Å². The van der Waals surface area contributed by atoms with Gasteiger partial charge in [0.05, 0.1) is 0 Å². The average Bonchev–Trinajstić information content (AvgIpc) is 2.87. The van der Waals surface area contributed by atoms with Gasteiger partial charge in [-0.2, -0.15) is 5.26 Å². The van der Waals surface area contributed by atoms with Crippen LogP contribution in [-0.4, -0.2) is 14.7 Å². The third-order valence-corrected chi connectivity index (χ3v) is 5.82. The molecular formula is C16H21N3O. The molecule has 0 amide bonds. The number of nitrogens with zero attached hydrogens (tertiary/aromatic N) is 3. The molecule has 1 aromatic heterocycles. The zero-order valence-corrected chi connectivity index (χ0v) is 11.9. The van der Waals surface area contributed by atoms with Crippen molar-refractivity contribution in [3.05, 3.63) is 18.2 Å². The van der Waals surface area contributed by atoms with E-state index in [1.807, 2.05) is 12.3 Å². The number of hydrogen-bond acceptors (Lipinski definition) is 3. The maximum absolute atomic E-state index is 10.3. The number of imidazole rings is 1. The molecule has 0 radical (unpaired) electrons. The second-order valence-electron chi connectivity index (χ2n) is 7.26. The summed E-state index contributed by atoms with van der Waals surface area (Å²) >= 11 is 0. The van der Waals surface area contributed by atoms with Gasteiger partial charge < -0.3 is 9.67 Å². The van der Waals surface area contributed by atoms with E-state index in [-0.39, 0.29) is 0 Å². The smallest absolute Gasteiger partial charge is 0.206 e. The minimum atomic E-state index is -1.49. The fraction of sp³-hybridized carbons (Fsp3) is 0.750. The Kier molecular flexibility index (Phi) is 2.53. The minimum absolute atomic E-state index is 0.445. The molecule has 1 heterocycles. The summed E-state index contributed by atoms with van der Waals surface area (Å²) in [6.45, 7) is 1.54. The largest absolute Gasteiger partial charge is 0.369 e. The lowest BCUT2D eigenvalue weighted by atomic mass is 9.54. The zero-order valence-electron chi connectivity index (χ0n) is 11.9. The Bertz CT molecular complexity index is 541. The third kappa shape index (κ3) is 1.66. The van der Waals surface area contributed by atoms with Gasteiger partial charge >= 0.3 is 0 Å². The van der Waals surface area contributed by atoms with Crippen molar-refractivity contribution in [1.82, 2.24) is 9.55 Å². The lowest BCUT2D eigenvalue weighted by Gasteiger charge is -2.55. The molecule has 4 nitrogen and oxygen atoms in total. The molecule has 4 fully saturated rings. The summed E-state index contributed by atoms with van der Waals surface area (Å²) in [6, 6.07) is 2.42. The molecule has 5 rings (SSSR count). The van der Waals surface area contributed by atoms with Gasteiger partial charge in [-0.15, -0.1) is 0 Å². The first-order valence-electron chi connectivity index (χ1n) is 7.75. The summed E-state index contributed by atoms with van der Waals surface area (Å²) in [5, 5.41) is 19.5. The molecule has 1 unspecified atom stereocenters. The molecule has 0 saturated heterocycles. The van der Waals surface area contributed by atoms with Crippen molar-refractivity contribution < 1.29 is 5.11 Å². The molecule has 1 N–H and O–H groups in total. The van der Waals surface area contributed by atoms with E-state index in [0.717, 1.165) is 11.8 Å². The average molecular weight is 271 g/mol. The Morgan fingerprint density at radius 1 is 1.25 bits per heavy atom. The van der Waals surface area contributed by atoms with Crippen molar-refractivity contribution in [3.8, 4) is 6.07 Å². The van der Waals surface area contributed by atoms with E-state index in [0.29, 0.717) is 23.7 Å². The minimum Gasteiger partial charge on any atom is -0.369 e. The van der Waals surface area contributed by atoms with Crippen LogP contribution in [0.4, 0.5) is 0 Å². The van der Waals surface area contributed by atoms with E-state index in [2.05, 4.69) is 9.55 Å². The summed E-state index contributed by atoms with van der Waals surface area (Å²) in [5.41, 5.74) is -1.49. The van der Waals surface area contributed by atoms with Gasteiger partial charge in [0, 0.05) is 18.4 Å². The molecule has 4 bridgehead atoms. The quantitative estimate of drug-likeness (QED) is 0.841. The van der Waals surface area contributed by atoms with Gasteiger partial charge in [-0.1, -0.05) is 0 Å². The fourth-order valence-electron chi connectivity index (χ4n) is 5.33. The molecule has 4 heteroatoms. The van der Waals surface area contributed by atoms with Crippen LogP contribution in [0.25, 0.3) is 0 Å². The van der Waals surface area contributed by atoms with Gasteiger partial charge in [-0.3, -0.25) is 0 Å². The SMILES string of the molecule is CC(O)(C#N)c1nccn1C1C2CC3CC(C2)CC1C3. The number of hydrogen-bond donors (Lipinski definition) is 1. The third-order valence-electron chi connectivity index (χ3n) is 5.82. The van der Waals surface area contributed by atoms with Gasteiger partial charge in [0.25, 0.3) is 0 Å². The monoisotopic (exact) mass is 271 g/mol. The van der Waals surface area contributed by atoms with Crippen molar-refractivity contribution in [2.45, 2.75) is 50.7 Å². The maximum atomic E-state index is 10.3.